The summed E-state index contributed by atoms with van der Waals surface area (Å²) in [6.07, 6.45) is 9.30. The molecule has 3 saturated heterocycles. The van der Waals surface area contributed by atoms with Gasteiger partial charge in [0.25, 0.3) is 11.8 Å². The van der Waals surface area contributed by atoms with Crippen LogP contribution in [0.25, 0.3) is 33.2 Å². The number of aromatic amines is 1. The molecule has 0 bridgehead atoms. The minimum absolute atomic E-state index is 0.105. The quantitative estimate of drug-likeness (QED) is 0.239. The number of carbonyl (C=O) groups is 4. The van der Waals surface area contributed by atoms with Crippen molar-refractivity contribution in [2.24, 2.45) is 5.92 Å². The van der Waals surface area contributed by atoms with Gasteiger partial charge < -0.3 is 14.8 Å². The Morgan fingerprint density at radius 3 is 2.38 bits per heavy atom. The van der Waals surface area contributed by atoms with Crippen LogP contribution >= 0.6 is 0 Å². The van der Waals surface area contributed by atoms with Crippen LogP contribution in [0.2, 0.25) is 0 Å². The van der Waals surface area contributed by atoms with Gasteiger partial charge in [-0.3, -0.25) is 39.3 Å². The number of amides is 4. The van der Waals surface area contributed by atoms with E-state index in [1.165, 1.54) is 6.42 Å². The van der Waals surface area contributed by atoms with E-state index in [-0.39, 0.29) is 18.7 Å². The number of pyridine rings is 3. The van der Waals surface area contributed by atoms with Crippen LogP contribution in [-0.2, 0) is 9.59 Å². The highest BCUT2D eigenvalue weighted by atomic mass is 16.2. The Labute approximate surface area is 300 Å². The van der Waals surface area contributed by atoms with Crippen LogP contribution in [0, 0.1) is 5.92 Å². The van der Waals surface area contributed by atoms with Gasteiger partial charge in [0, 0.05) is 86.3 Å². The standard InChI is InChI=1S/C39H39N9O4/c49-35-8-6-33(37(50)44-35)48-38(51)28-3-2-26(21-29(28)39(48)52)46-19-17-45(18-20-46)14-10-24-11-15-47(16-12-24)34-7-1-25(22-41-34)31-5-4-27-30-23-40-13-9-32(30)43-36(27)42-31/h1-5,7,9,13,21-24,33H,6,8,10-12,14-20H2,(H,42,43)(H,44,49,50). The van der Waals surface area contributed by atoms with Gasteiger partial charge in [0.05, 0.1) is 22.3 Å². The third-order valence-corrected chi connectivity index (χ3v) is 11.3. The fraction of sp³-hybridized carbons (Fsp3) is 0.359. The number of imide groups is 2. The van der Waals surface area contributed by atoms with E-state index in [9.17, 15) is 19.2 Å². The third-order valence-electron chi connectivity index (χ3n) is 11.3. The van der Waals surface area contributed by atoms with Gasteiger partial charge in [-0.2, -0.15) is 0 Å². The van der Waals surface area contributed by atoms with Crippen LogP contribution in [0.5, 0.6) is 0 Å². The molecule has 2 N–H and O–H groups in total. The van der Waals surface area contributed by atoms with Gasteiger partial charge in [-0.1, -0.05) is 0 Å². The van der Waals surface area contributed by atoms with Crippen LogP contribution < -0.4 is 15.1 Å². The molecule has 1 atom stereocenters. The summed E-state index contributed by atoms with van der Waals surface area (Å²) < 4.78 is 0. The number of benzene rings is 1. The first-order chi connectivity index (χ1) is 25.4. The number of rotatable bonds is 7. The molecule has 4 aliphatic heterocycles. The number of anilines is 2. The van der Waals surface area contributed by atoms with E-state index in [0.717, 1.165) is 108 Å². The van der Waals surface area contributed by atoms with Crippen LogP contribution in [0.4, 0.5) is 11.5 Å². The molecule has 13 heteroatoms. The molecule has 4 aromatic heterocycles. The Hall–Kier alpha value is -5.69. The van der Waals surface area contributed by atoms with Gasteiger partial charge in [0.1, 0.15) is 17.5 Å². The first-order valence-corrected chi connectivity index (χ1v) is 18.2. The van der Waals surface area contributed by atoms with Crippen molar-refractivity contribution in [1.82, 2.24) is 35.1 Å². The summed E-state index contributed by atoms with van der Waals surface area (Å²) in [4.78, 5) is 75.9. The number of hydrogen-bond donors (Lipinski definition) is 2. The van der Waals surface area contributed by atoms with Gasteiger partial charge in [-0.05, 0) is 86.7 Å². The highest BCUT2D eigenvalue weighted by Gasteiger charge is 2.44. The summed E-state index contributed by atoms with van der Waals surface area (Å²) in [5.41, 5.74) is 5.31. The number of piperidine rings is 2. The smallest absolute Gasteiger partial charge is 0.262 e. The molecule has 5 aromatic rings. The zero-order valence-corrected chi connectivity index (χ0v) is 28.8. The summed E-state index contributed by atoms with van der Waals surface area (Å²) >= 11 is 0. The van der Waals surface area contributed by atoms with Crippen molar-refractivity contribution in [1.29, 1.82) is 0 Å². The minimum Gasteiger partial charge on any atom is -0.369 e. The predicted molar refractivity (Wildman–Crippen MR) is 196 cm³/mol. The van der Waals surface area contributed by atoms with Crippen molar-refractivity contribution in [3.05, 3.63) is 78.2 Å². The van der Waals surface area contributed by atoms with E-state index < -0.39 is 23.8 Å². The Balaban J connectivity index is 0.745. The second-order valence-electron chi connectivity index (χ2n) is 14.3. The molecule has 3 fully saturated rings. The number of hydrogen-bond acceptors (Lipinski definition) is 10. The molecule has 1 aromatic carbocycles. The highest BCUT2D eigenvalue weighted by Crippen LogP contribution is 2.32. The highest BCUT2D eigenvalue weighted by molar-refractivity contribution is 6.23. The molecule has 9 rings (SSSR count). The van der Waals surface area contributed by atoms with Gasteiger partial charge in [0.15, 0.2) is 0 Å². The number of H-pyrrole nitrogens is 1. The summed E-state index contributed by atoms with van der Waals surface area (Å²) in [7, 11) is 0. The molecule has 13 nitrogen and oxygen atoms in total. The second kappa shape index (κ2) is 13.1. The van der Waals surface area contributed by atoms with E-state index in [2.05, 4.69) is 48.2 Å². The zero-order chi connectivity index (χ0) is 35.3. The van der Waals surface area contributed by atoms with Gasteiger partial charge in [-0.25, -0.2) is 9.97 Å². The third kappa shape index (κ3) is 5.84. The number of fused-ring (bicyclic) bond motifs is 4. The van der Waals surface area contributed by atoms with Crippen molar-refractivity contribution in [2.75, 3.05) is 55.6 Å². The van der Waals surface area contributed by atoms with Crippen LogP contribution in [0.15, 0.2) is 67.1 Å². The molecule has 4 aliphatic rings. The summed E-state index contributed by atoms with van der Waals surface area (Å²) in [6, 6.07) is 14.7. The maximum atomic E-state index is 13.3. The van der Waals surface area contributed by atoms with Gasteiger partial charge >= 0.3 is 0 Å². The number of piperazine rings is 1. The average Bonchev–Trinajstić information content (AvgIpc) is 3.67. The number of aromatic nitrogens is 4. The SMILES string of the molecule is O=C1CCC(N2C(=O)c3ccc(N4CCN(CCC5CCN(c6ccc(-c7ccc8c(n7)[nH]c7ccncc78)cn6)CC5)CC4)cc3C2=O)C(=O)N1. The lowest BCUT2D eigenvalue weighted by atomic mass is 9.93. The Morgan fingerprint density at radius 2 is 1.60 bits per heavy atom. The summed E-state index contributed by atoms with van der Waals surface area (Å²) in [5.74, 6) is -0.224. The summed E-state index contributed by atoms with van der Waals surface area (Å²) in [6.45, 7) is 6.59. The van der Waals surface area contributed by atoms with E-state index in [1.54, 1.807) is 18.3 Å². The number of nitrogens with one attached hydrogen (secondary N) is 2. The summed E-state index contributed by atoms with van der Waals surface area (Å²) in [5, 5.41) is 4.39. The topological polar surface area (TPSA) is 148 Å². The van der Waals surface area contributed by atoms with Crippen molar-refractivity contribution < 1.29 is 19.2 Å². The molecule has 0 saturated carbocycles. The maximum Gasteiger partial charge on any atom is 0.262 e. The molecule has 0 aliphatic carbocycles. The molecular weight excluding hydrogens is 658 g/mol. The van der Waals surface area contributed by atoms with Gasteiger partial charge in [0.2, 0.25) is 11.8 Å². The molecule has 0 spiro atoms. The van der Waals surface area contributed by atoms with Crippen molar-refractivity contribution in [3.8, 4) is 11.3 Å². The average molecular weight is 698 g/mol. The van der Waals surface area contributed by atoms with Crippen LogP contribution in [0.1, 0.15) is 52.8 Å². The zero-order valence-electron chi connectivity index (χ0n) is 28.8. The number of carbonyl (C=O) groups excluding carboxylic acids is 4. The van der Waals surface area contributed by atoms with Crippen LogP contribution in [-0.4, -0.2) is 105 Å². The molecular formula is C39H39N9O4. The van der Waals surface area contributed by atoms with E-state index in [0.29, 0.717) is 17.0 Å². The fourth-order valence-corrected chi connectivity index (χ4v) is 8.20. The fourth-order valence-electron chi connectivity index (χ4n) is 8.20. The minimum atomic E-state index is -0.956. The predicted octanol–water partition coefficient (Wildman–Crippen LogP) is 4.00. The lowest BCUT2D eigenvalue weighted by molar-refractivity contribution is -0.136. The van der Waals surface area contributed by atoms with Crippen molar-refractivity contribution in [3.63, 3.8) is 0 Å². The molecule has 264 valence electrons. The lowest BCUT2D eigenvalue weighted by Crippen LogP contribution is -2.54. The lowest BCUT2D eigenvalue weighted by Gasteiger charge is -2.38. The maximum absolute atomic E-state index is 13.3. The van der Waals surface area contributed by atoms with Crippen molar-refractivity contribution in [2.45, 2.75) is 38.1 Å². The van der Waals surface area contributed by atoms with E-state index >= 15 is 0 Å². The first-order valence-electron chi connectivity index (χ1n) is 18.2. The normalized spacial score (nSPS) is 20.3. The monoisotopic (exact) mass is 697 g/mol. The van der Waals surface area contributed by atoms with E-state index in [1.807, 2.05) is 30.6 Å². The van der Waals surface area contributed by atoms with Crippen LogP contribution in [0.3, 0.4) is 0 Å². The van der Waals surface area contributed by atoms with Crippen molar-refractivity contribution >= 4 is 57.1 Å². The molecule has 4 amide bonds. The Bertz CT molecular complexity index is 2220. The van der Waals surface area contributed by atoms with E-state index in [4.69, 9.17) is 9.97 Å². The first kappa shape index (κ1) is 32.2. The molecule has 1 unspecified atom stereocenters. The van der Waals surface area contributed by atoms with Gasteiger partial charge in [-0.15, -0.1) is 0 Å². The second-order valence-corrected chi connectivity index (χ2v) is 14.3. The number of nitrogens with zero attached hydrogens (tertiary/aromatic N) is 7. The largest absolute Gasteiger partial charge is 0.369 e. The molecule has 52 heavy (non-hydrogen) atoms. The molecule has 0 radical (unpaired) electrons. The Morgan fingerprint density at radius 1 is 0.769 bits per heavy atom. The molecule has 8 heterocycles. The Kier molecular flexibility index (Phi) is 8.14.